The van der Waals surface area contributed by atoms with Gasteiger partial charge in [0.1, 0.15) is 0 Å². The van der Waals surface area contributed by atoms with Crippen molar-refractivity contribution in [3.05, 3.63) is 17.7 Å². The van der Waals surface area contributed by atoms with E-state index in [1.807, 2.05) is 6.07 Å². The maximum absolute atomic E-state index is 12.6. The molecule has 0 radical (unpaired) electrons. The van der Waals surface area contributed by atoms with Gasteiger partial charge in [0.15, 0.2) is 21.3 Å². The van der Waals surface area contributed by atoms with Crippen LogP contribution in [0.1, 0.15) is 38.3 Å². The number of hydrogen-bond donors (Lipinski definition) is 1. The van der Waals surface area contributed by atoms with Crippen LogP contribution in [0.15, 0.2) is 17.0 Å². The maximum Gasteiger partial charge on any atom is 0.183 e. The van der Waals surface area contributed by atoms with Crippen LogP contribution < -0.4 is 14.8 Å². The predicted molar refractivity (Wildman–Crippen MR) is 79.7 cm³/mol. The summed E-state index contributed by atoms with van der Waals surface area (Å²) in [5.41, 5.74) is 0.806. The van der Waals surface area contributed by atoms with Gasteiger partial charge in [0.25, 0.3) is 0 Å². The lowest BCUT2D eigenvalue weighted by Gasteiger charge is -2.17. The molecule has 1 aromatic rings. The molecule has 6 heteroatoms. The van der Waals surface area contributed by atoms with Crippen LogP contribution in [0.4, 0.5) is 0 Å². The van der Waals surface area contributed by atoms with Crippen LogP contribution in [0.25, 0.3) is 0 Å². The van der Waals surface area contributed by atoms with Crippen LogP contribution in [0, 0.1) is 0 Å². The third-order valence-electron chi connectivity index (χ3n) is 4.09. The smallest absolute Gasteiger partial charge is 0.183 e. The minimum absolute atomic E-state index is 0.179. The first-order valence-electron chi connectivity index (χ1n) is 7.46. The van der Waals surface area contributed by atoms with Gasteiger partial charge in [-0.05, 0) is 31.5 Å². The van der Waals surface area contributed by atoms with Crippen LogP contribution in [0.5, 0.6) is 11.5 Å². The Morgan fingerprint density at radius 1 is 1.24 bits per heavy atom. The standard InChI is InChI=1S/C15H21NO4S/c1-3-5-16-15-10(2)21(17,18)14-9-13-12(8-11(14)15)19-6-4-7-20-13/h8-10,15-16H,3-7H2,1-2H3. The summed E-state index contributed by atoms with van der Waals surface area (Å²) in [4.78, 5) is 0.382. The average Bonchev–Trinajstić information content (AvgIpc) is 2.65. The zero-order valence-electron chi connectivity index (χ0n) is 12.4. The largest absolute Gasteiger partial charge is 0.490 e. The van der Waals surface area contributed by atoms with E-state index in [9.17, 15) is 8.42 Å². The molecule has 21 heavy (non-hydrogen) atoms. The molecule has 116 valence electrons. The van der Waals surface area contributed by atoms with Crippen molar-refractivity contribution in [3.8, 4) is 11.5 Å². The van der Waals surface area contributed by atoms with Crippen molar-refractivity contribution in [2.75, 3.05) is 19.8 Å². The molecule has 0 spiro atoms. The first-order valence-corrected chi connectivity index (χ1v) is 9.01. The summed E-state index contributed by atoms with van der Waals surface area (Å²) in [5, 5.41) is 2.87. The first kappa shape index (κ1) is 14.7. The minimum Gasteiger partial charge on any atom is -0.490 e. The van der Waals surface area contributed by atoms with Gasteiger partial charge in [0, 0.05) is 12.5 Å². The number of fused-ring (bicyclic) bond motifs is 2. The number of nitrogens with one attached hydrogen (secondary N) is 1. The van der Waals surface area contributed by atoms with Crippen molar-refractivity contribution in [3.63, 3.8) is 0 Å². The summed E-state index contributed by atoms with van der Waals surface area (Å²) >= 11 is 0. The number of hydrogen-bond acceptors (Lipinski definition) is 5. The van der Waals surface area contributed by atoms with Crippen LogP contribution >= 0.6 is 0 Å². The fourth-order valence-electron chi connectivity index (χ4n) is 2.90. The monoisotopic (exact) mass is 311 g/mol. The van der Waals surface area contributed by atoms with Crippen LogP contribution in [-0.2, 0) is 9.84 Å². The summed E-state index contributed by atoms with van der Waals surface area (Å²) in [6, 6.07) is 3.29. The highest BCUT2D eigenvalue weighted by molar-refractivity contribution is 7.92. The Labute approximate surface area is 125 Å². The van der Waals surface area contributed by atoms with Gasteiger partial charge in [-0.3, -0.25) is 0 Å². The van der Waals surface area contributed by atoms with Gasteiger partial charge in [-0.25, -0.2) is 8.42 Å². The molecular formula is C15H21NO4S. The second kappa shape index (κ2) is 5.50. The molecular weight excluding hydrogens is 290 g/mol. The number of sulfone groups is 1. The number of rotatable bonds is 3. The second-order valence-corrected chi connectivity index (χ2v) is 7.84. The van der Waals surface area contributed by atoms with E-state index in [1.54, 1.807) is 13.0 Å². The van der Waals surface area contributed by atoms with E-state index in [0.29, 0.717) is 29.6 Å². The average molecular weight is 311 g/mol. The number of benzene rings is 1. The van der Waals surface area contributed by atoms with Crippen LogP contribution in [0.2, 0.25) is 0 Å². The van der Waals surface area contributed by atoms with Crippen molar-refractivity contribution in [2.45, 2.75) is 42.9 Å². The third-order valence-corrected chi connectivity index (χ3v) is 6.31. The topological polar surface area (TPSA) is 64.6 Å². The molecule has 0 amide bonds. The third kappa shape index (κ3) is 2.40. The van der Waals surface area contributed by atoms with Crippen LogP contribution in [0.3, 0.4) is 0 Å². The normalized spacial score (nSPS) is 26.2. The first-order chi connectivity index (χ1) is 10.1. The second-order valence-electron chi connectivity index (χ2n) is 5.57. The summed E-state index contributed by atoms with van der Waals surface area (Å²) < 4.78 is 36.5. The lowest BCUT2D eigenvalue weighted by molar-refractivity contribution is 0.296. The molecule has 0 aliphatic carbocycles. The van der Waals surface area contributed by atoms with Gasteiger partial charge in [-0.15, -0.1) is 0 Å². The molecule has 3 rings (SSSR count). The van der Waals surface area contributed by atoms with Crippen molar-refractivity contribution in [2.24, 2.45) is 0 Å². The molecule has 1 N–H and O–H groups in total. The zero-order valence-corrected chi connectivity index (χ0v) is 13.2. The maximum atomic E-state index is 12.6. The molecule has 0 fully saturated rings. The Morgan fingerprint density at radius 2 is 1.90 bits per heavy atom. The minimum atomic E-state index is -3.31. The van der Waals surface area contributed by atoms with Gasteiger partial charge >= 0.3 is 0 Å². The quantitative estimate of drug-likeness (QED) is 0.925. The van der Waals surface area contributed by atoms with Gasteiger partial charge in [-0.1, -0.05) is 6.92 Å². The lowest BCUT2D eigenvalue weighted by Crippen LogP contribution is -2.30. The van der Waals surface area contributed by atoms with E-state index in [0.717, 1.165) is 24.9 Å². The number of ether oxygens (including phenoxy) is 2. The molecule has 0 aromatic heterocycles. The Morgan fingerprint density at radius 3 is 2.57 bits per heavy atom. The molecule has 2 aliphatic heterocycles. The molecule has 0 saturated heterocycles. The van der Waals surface area contributed by atoms with Crippen molar-refractivity contribution < 1.29 is 17.9 Å². The van der Waals surface area contributed by atoms with Crippen molar-refractivity contribution >= 4 is 9.84 Å². The fourth-order valence-corrected chi connectivity index (χ4v) is 4.69. The Hall–Kier alpha value is -1.27. The van der Waals surface area contributed by atoms with Gasteiger partial charge in [-0.2, -0.15) is 0 Å². The predicted octanol–water partition coefficient (Wildman–Crippen LogP) is 2.06. The molecule has 0 saturated carbocycles. The highest BCUT2D eigenvalue weighted by Gasteiger charge is 2.43. The summed E-state index contributed by atoms with van der Waals surface area (Å²) in [7, 11) is -3.31. The van der Waals surface area contributed by atoms with Gasteiger partial charge < -0.3 is 14.8 Å². The van der Waals surface area contributed by atoms with E-state index in [4.69, 9.17) is 9.47 Å². The van der Waals surface area contributed by atoms with E-state index < -0.39 is 15.1 Å². The molecule has 2 heterocycles. The Balaban J connectivity index is 2.08. The fraction of sp³-hybridized carbons (Fsp3) is 0.600. The van der Waals surface area contributed by atoms with Gasteiger partial charge in [0.05, 0.1) is 29.4 Å². The van der Waals surface area contributed by atoms with E-state index >= 15 is 0 Å². The SMILES string of the molecule is CCCNC1c2cc3c(cc2S(=O)(=O)C1C)OCCCO3. The van der Waals surface area contributed by atoms with Crippen molar-refractivity contribution in [1.82, 2.24) is 5.32 Å². The lowest BCUT2D eigenvalue weighted by atomic mass is 10.0. The summed E-state index contributed by atoms with van der Waals surface area (Å²) in [5.74, 6) is 1.19. The highest BCUT2D eigenvalue weighted by Crippen LogP contribution is 2.45. The van der Waals surface area contributed by atoms with Crippen LogP contribution in [-0.4, -0.2) is 33.4 Å². The highest BCUT2D eigenvalue weighted by atomic mass is 32.2. The molecule has 0 bridgehead atoms. The van der Waals surface area contributed by atoms with Gasteiger partial charge in [0.2, 0.25) is 0 Å². The molecule has 2 aliphatic rings. The molecule has 5 nitrogen and oxygen atoms in total. The van der Waals surface area contributed by atoms with E-state index in [1.165, 1.54) is 0 Å². The molecule has 2 unspecified atom stereocenters. The Bertz CT molecular complexity index is 641. The summed E-state index contributed by atoms with van der Waals surface area (Å²) in [6.07, 6.45) is 1.77. The zero-order chi connectivity index (χ0) is 15.0. The van der Waals surface area contributed by atoms with E-state index in [2.05, 4.69) is 12.2 Å². The molecule has 2 atom stereocenters. The summed E-state index contributed by atoms with van der Waals surface area (Å²) in [6.45, 7) is 5.77. The van der Waals surface area contributed by atoms with Crippen molar-refractivity contribution in [1.29, 1.82) is 0 Å². The Kier molecular flexibility index (Phi) is 3.84. The van der Waals surface area contributed by atoms with E-state index in [-0.39, 0.29) is 6.04 Å². The molecule has 1 aromatic carbocycles.